The number of carboxylic acid groups (broad SMARTS) is 1. The standard InChI is InChI=1S/C17H18O6/c1-20-12-4-3-5-14(10-12)22-8-9-23-16-11-13(21-2)6-7-15(16)17(18)19/h3-7,10-11H,8-9H2,1-2H3,(H,18,19). The van der Waals surface area contributed by atoms with Crippen LogP contribution >= 0.6 is 0 Å². The lowest BCUT2D eigenvalue weighted by Crippen LogP contribution is -2.11. The molecule has 0 saturated heterocycles. The van der Waals surface area contributed by atoms with Crippen molar-refractivity contribution in [3.63, 3.8) is 0 Å². The molecular weight excluding hydrogens is 300 g/mol. The van der Waals surface area contributed by atoms with Gasteiger partial charge >= 0.3 is 5.97 Å². The number of carbonyl (C=O) groups is 1. The van der Waals surface area contributed by atoms with E-state index in [1.165, 1.54) is 19.2 Å². The summed E-state index contributed by atoms with van der Waals surface area (Å²) in [5, 5.41) is 9.16. The Labute approximate surface area is 134 Å². The number of rotatable bonds is 8. The highest BCUT2D eigenvalue weighted by molar-refractivity contribution is 5.91. The summed E-state index contributed by atoms with van der Waals surface area (Å²) in [5.41, 5.74) is 0.0761. The molecule has 23 heavy (non-hydrogen) atoms. The van der Waals surface area contributed by atoms with Crippen LogP contribution in [-0.2, 0) is 0 Å². The molecule has 0 aliphatic heterocycles. The fourth-order valence-electron chi connectivity index (χ4n) is 1.93. The van der Waals surface area contributed by atoms with E-state index in [9.17, 15) is 4.79 Å². The monoisotopic (exact) mass is 318 g/mol. The van der Waals surface area contributed by atoms with Gasteiger partial charge in [-0.1, -0.05) is 6.07 Å². The molecule has 0 aromatic heterocycles. The molecule has 6 nitrogen and oxygen atoms in total. The topological polar surface area (TPSA) is 74.2 Å². The van der Waals surface area contributed by atoms with Crippen molar-refractivity contribution in [1.82, 2.24) is 0 Å². The van der Waals surface area contributed by atoms with Gasteiger partial charge in [-0.25, -0.2) is 4.79 Å². The quantitative estimate of drug-likeness (QED) is 0.754. The average molecular weight is 318 g/mol. The van der Waals surface area contributed by atoms with Gasteiger partial charge in [0.25, 0.3) is 0 Å². The van der Waals surface area contributed by atoms with Gasteiger partial charge < -0.3 is 24.1 Å². The highest BCUT2D eigenvalue weighted by atomic mass is 16.5. The Hall–Kier alpha value is -2.89. The number of ether oxygens (including phenoxy) is 4. The number of aromatic carboxylic acids is 1. The van der Waals surface area contributed by atoms with Crippen LogP contribution in [0.2, 0.25) is 0 Å². The fourth-order valence-corrected chi connectivity index (χ4v) is 1.93. The van der Waals surface area contributed by atoms with E-state index in [2.05, 4.69) is 0 Å². The van der Waals surface area contributed by atoms with E-state index >= 15 is 0 Å². The number of methoxy groups -OCH3 is 2. The molecule has 0 amide bonds. The molecule has 1 N–H and O–H groups in total. The lowest BCUT2D eigenvalue weighted by atomic mass is 10.2. The molecule has 0 radical (unpaired) electrons. The van der Waals surface area contributed by atoms with Crippen molar-refractivity contribution in [2.75, 3.05) is 27.4 Å². The number of hydrogen-bond donors (Lipinski definition) is 1. The van der Waals surface area contributed by atoms with Crippen molar-refractivity contribution in [2.45, 2.75) is 0 Å². The molecule has 2 rings (SSSR count). The molecule has 0 atom stereocenters. The van der Waals surface area contributed by atoms with E-state index < -0.39 is 5.97 Å². The van der Waals surface area contributed by atoms with Gasteiger partial charge in [0.15, 0.2) is 0 Å². The molecule has 2 aromatic rings. The first-order chi connectivity index (χ1) is 11.1. The zero-order valence-corrected chi connectivity index (χ0v) is 12.9. The molecule has 2 aromatic carbocycles. The summed E-state index contributed by atoms with van der Waals surface area (Å²) in [5.74, 6) is 1.06. The Bertz CT molecular complexity index is 668. The number of carboxylic acids is 1. The first kappa shape index (κ1) is 16.5. The van der Waals surface area contributed by atoms with Gasteiger partial charge in [-0.05, 0) is 24.3 Å². The molecule has 6 heteroatoms. The van der Waals surface area contributed by atoms with Crippen LogP contribution in [0.25, 0.3) is 0 Å². The normalized spacial score (nSPS) is 10.0. The van der Waals surface area contributed by atoms with Crippen LogP contribution < -0.4 is 18.9 Å². The maximum Gasteiger partial charge on any atom is 0.339 e. The molecule has 0 fully saturated rings. The zero-order chi connectivity index (χ0) is 16.7. The first-order valence-corrected chi connectivity index (χ1v) is 6.95. The van der Waals surface area contributed by atoms with E-state index in [0.717, 1.165) is 0 Å². The second-order valence-electron chi connectivity index (χ2n) is 4.54. The van der Waals surface area contributed by atoms with Crippen LogP contribution in [0.1, 0.15) is 10.4 Å². The highest BCUT2D eigenvalue weighted by Crippen LogP contribution is 2.25. The maximum atomic E-state index is 11.2. The summed E-state index contributed by atoms with van der Waals surface area (Å²) in [7, 11) is 3.09. The summed E-state index contributed by atoms with van der Waals surface area (Å²) in [6.07, 6.45) is 0. The van der Waals surface area contributed by atoms with E-state index in [1.54, 1.807) is 25.3 Å². The van der Waals surface area contributed by atoms with Gasteiger partial charge in [0.05, 0.1) is 14.2 Å². The van der Waals surface area contributed by atoms with Gasteiger partial charge in [0.2, 0.25) is 0 Å². The molecule has 122 valence electrons. The summed E-state index contributed by atoms with van der Waals surface area (Å²) in [6, 6.07) is 11.8. The minimum absolute atomic E-state index is 0.0761. The highest BCUT2D eigenvalue weighted by Gasteiger charge is 2.12. The zero-order valence-electron chi connectivity index (χ0n) is 12.9. The van der Waals surface area contributed by atoms with E-state index in [-0.39, 0.29) is 24.5 Å². The largest absolute Gasteiger partial charge is 0.497 e. The Kier molecular flexibility index (Phi) is 5.68. The van der Waals surface area contributed by atoms with Gasteiger partial charge in [0, 0.05) is 12.1 Å². The van der Waals surface area contributed by atoms with Crippen LogP contribution in [0.3, 0.4) is 0 Å². The first-order valence-electron chi connectivity index (χ1n) is 6.95. The summed E-state index contributed by atoms with van der Waals surface area (Å²) >= 11 is 0. The van der Waals surface area contributed by atoms with Gasteiger partial charge in [-0.15, -0.1) is 0 Å². The van der Waals surface area contributed by atoms with Crippen molar-refractivity contribution in [1.29, 1.82) is 0 Å². The van der Waals surface area contributed by atoms with E-state index in [4.69, 9.17) is 24.1 Å². The van der Waals surface area contributed by atoms with Crippen LogP contribution in [0.4, 0.5) is 0 Å². The summed E-state index contributed by atoms with van der Waals surface area (Å²) < 4.78 is 21.2. The Balaban J connectivity index is 1.94. The Morgan fingerprint density at radius 3 is 2.26 bits per heavy atom. The molecule has 0 bridgehead atoms. The third kappa shape index (κ3) is 4.54. The molecule has 0 heterocycles. The van der Waals surface area contributed by atoms with E-state index in [0.29, 0.717) is 17.2 Å². The Morgan fingerprint density at radius 2 is 1.57 bits per heavy atom. The summed E-state index contributed by atoms with van der Waals surface area (Å²) in [6.45, 7) is 0.466. The fraction of sp³-hybridized carbons (Fsp3) is 0.235. The van der Waals surface area contributed by atoms with Crippen LogP contribution in [0, 0.1) is 0 Å². The van der Waals surface area contributed by atoms with Gasteiger partial charge in [-0.2, -0.15) is 0 Å². The van der Waals surface area contributed by atoms with Crippen molar-refractivity contribution >= 4 is 5.97 Å². The van der Waals surface area contributed by atoms with Crippen molar-refractivity contribution in [3.05, 3.63) is 48.0 Å². The van der Waals surface area contributed by atoms with Crippen LogP contribution in [-0.4, -0.2) is 38.5 Å². The SMILES string of the molecule is COc1cccc(OCCOc2cc(OC)ccc2C(=O)O)c1. The van der Waals surface area contributed by atoms with Gasteiger partial charge in [-0.3, -0.25) is 0 Å². The maximum absolute atomic E-state index is 11.2. The van der Waals surface area contributed by atoms with Crippen LogP contribution in [0.5, 0.6) is 23.0 Å². The van der Waals surface area contributed by atoms with Crippen LogP contribution in [0.15, 0.2) is 42.5 Å². The minimum Gasteiger partial charge on any atom is -0.497 e. The predicted molar refractivity (Wildman–Crippen MR) is 83.9 cm³/mol. The average Bonchev–Trinajstić information content (AvgIpc) is 2.58. The number of hydrogen-bond acceptors (Lipinski definition) is 5. The lowest BCUT2D eigenvalue weighted by Gasteiger charge is -2.12. The smallest absolute Gasteiger partial charge is 0.339 e. The second kappa shape index (κ2) is 7.93. The predicted octanol–water partition coefficient (Wildman–Crippen LogP) is 2.86. The Morgan fingerprint density at radius 1 is 0.913 bits per heavy atom. The minimum atomic E-state index is -1.06. The van der Waals surface area contributed by atoms with E-state index in [1.807, 2.05) is 12.1 Å². The molecular formula is C17H18O6. The number of benzene rings is 2. The second-order valence-corrected chi connectivity index (χ2v) is 4.54. The van der Waals surface area contributed by atoms with Crippen molar-refractivity contribution in [3.8, 4) is 23.0 Å². The third-order valence-corrected chi connectivity index (χ3v) is 3.07. The molecule has 0 spiro atoms. The summed E-state index contributed by atoms with van der Waals surface area (Å²) in [4.78, 5) is 11.2. The third-order valence-electron chi connectivity index (χ3n) is 3.07. The van der Waals surface area contributed by atoms with Crippen molar-refractivity contribution in [2.24, 2.45) is 0 Å². The molecule has 0 aliphatic carbocycles. The lowest BCUT2D eigenvalue weighted by molar-refractivity contribution is 0.0691. The molecule has 0 aliphatic rings. The van der Waals surface area contributed by atoms with Gasteiger partial charge in [0.1, 0.15) is 41.8 Å². The molecule has 0 unspecified atom stereocenters. The van der Waals surface area contributed by atoms with Crippen molar-refractivity contribution < 1.29 is 28.8 Å². The molecule has 0 saturated carbocycles.